The van der Waals surface area contributed by atoms with Gasteiger partial charge >= 0.3 is 0 Å². The third kappa shape index (κ3) is 3.24. The molecule has 0 aliphatic carbocycles. The fourth-order valence-electron chi connectivity index (χ4n) is 1.84. The molecule has 0 bridgehead atoms. The molecule has 2 rings (SSSR count). The van der Waals surface area contributed by atoms with Gasteiger partial charge in [-0.05, 0) is 30.3 Å². The molecule has 2 aromatic carbocycles. The molecule has 0 saturated heterocycles. The number of halogens is 2. The van der Waals surface area contributed by atoms with Crippen molar-refractivity contribution >= 4 is 33.2 Å². The standard InChI is InChI=1S/C15H12BrClN2O/c1-20-15-7-6-10(16)8-11(15)14(9-18)19-13-5-3-2-4-12(13)17/h2-8,14,19H,1H3. The number of hydrogen-bond acceptors (Lipinski definition) is 3. The normalized spacial score (nSPS) is 11.5. The van der Waals surface area contributed by atoms with E-state index in [2.05, 4.69) is 27.3 Å². The molecule has 5 heteroatoms. The lowest BCUT2D eigenvalue weighted by Gasteiger charge is -2.17. The zero-order chi connectivity index (χ0) is 14.5. The predicted octanol–water partition coefficient (Wildman–Crippen LogP) is 4.79. The second kappa shape index (κ2) is 6.65. The summed E-state index contributed by atoms with van der Waals surface area (Å²) in [5.41, 5.74) is 1.46. The van der Waals surface area contributed by atoms with Gasteiger partial charge in [0.1, 0.15) is 11.8 Å². The van der Waals surface area contributed by atoms with Crippen molar-refractivity contribution in [2.24, 2.45) is 0 Å². The van der Waals surface area contributed by atoms with E-state index in [-0.39, 0.29) is 0 Å². The van der Waals surface area contributed by atoms with Gasteiger partial charge in [-0.1, -0.05) is 39.7 Å². The first-order valence-electron chi connectivity index (χ1n) is 5.90. The molecule has 0 amide bonds. The summed E-state index contributed by atoms with van der Waals surface area (Å²) >= 11 is 9.51. The molecular formula is C15H12BrClN2O. The lowest BCUT2D eigenvalue weighted by Crippen LogP contribution is -2.10. The molecule has 20 heavy (non-hydrogen) atoms. The summed E-state index contributed by atoms with van der Waals surface area (Å²) in [6.45, 7) is 0. The van der Waals surface area contributed by atoms with E-state index in [0.717, 1.165) is 10.0 Å². The van der Waals surface area contributed by atoms with E-state index >= 15 is 0 Å². The van der Waals surface area contributed by atoms with Crippen molar-refractivity contribution in [1.29, 1.82) is 5.26 Å². The zero-order valence-electron chi connectivity index (χ0n) is 10.7. The van der Waals surface area contributed by atoms with Crippen molar-refractivity contribution in [3.05, 3.63) is 57.5 Å². The van der Waals surface area contributed by atoms with Gasteiger partial charge in [0.25, 0.3) is 0 Å². The number of para-hydroxylation sites is 1. The molecule has 0 aliphatic rings. The van der Waals surface area contributed by atoms with E-state index in [4.69, 9.17) is 16.3 Å². The quantitative estimate of drug-likeness (QED) is 0.861. The fourth-order valence-corrected chi connectivity index (χ4v) is 2.41. The van der Waals surface area contributed by atoms with Crippen molar-refractivity contribution < 1.29 is 4.74 Å². The van der Waals surface area contributed by atoms with Crippen molar-refractivity contribution in [2.45, 2.75) is 6.04 Å². The van der Waals surface area contributed by atoms with Gasteiger partial charge in [-0.2, -0.15) is 5.26 Å². The molecule has 0 spiro atoms. The third-order valence-corrected chi connectivity index (χ3v) is 3.63. The molecule has 3 nitrogen and oxygen atoms in total. The van der Waals surface area contributed by atoms with Gasteiger partial charge in [0, 0.05) is 10.0 Å². The van der Waals surface area contributed by atoms with Crippen molar-refractivity contribution in [3.63, 3.8) is 0 Å². The number of nitriles is 1. The van der Waals surface area contributed by atoms with E-state index < -0.39 is 6.04 Å². The zero-order valence-corrected chi connectivity index (χ0v) is 13.1. The molecule has 1 N–H and O–H groups in total. The lowest BCUT2D eigenvalue weighted by molar-refractivity contribution is 0.409. The van der Waals surface area contributed by atoms with Crippen LogP contribution in [0.25, 0.3) is 0 Å². The summed E-state index contributed by atoms with van der Waals surface area (Å²) in [5.74, 6) is 0.652. The van der Waals surface area contributed by atoms with E-state index in [1.165, 1.54) is 0 Å². The Morgan fingerprint density at radius 3 is 2.70 bits per heavy atom. The van der Waals surface area contributed by atoms with E-state index in [9.17, 15) is 5.26 Å². The Morgan fingerprint density at radius 1 is 1.30 bits per heavy atom. The minimum Gasteiger partial charge on any atom is -0.496 e. The first-order chi connectivity index (χ1) is 9.65. The van der Waals surface area contributed by atoms with Crippen molar-refractivity contribution in [3.8, 4) is 11.8 Å². The highest BCUT2D eigenvalue weighted by Gasteiger charge is 2.17. The Hall–Kier alpha value is -1.70. The van der Waals surface area contributed by atoms with Gasteiger partial charge in [-0.3, -0.25) is 0 Å². The molecule has 0 aromatic heterocycles. The summed E-state index contributed by atoms with van der Waals surface area (Å²) in [5, 5.41) is 13.1. The predicted molar refractivity (Wildman–Crippen MR) is 84.1 cm³/mol. The Balaban J connectivity index is 2.37. The van der Waals surface area contributed by atoms with E-state index in [1.54, 1.807) is 13.2 Å². The van der Waals surface area contributed by atoms with Crippen LogP contribution in [0.3, 0.4) is 0 Å². The number of methoxy groups -OCH3 is 1. The fraction of sp³-hybridized carbons (Fsp3) is 0.133. The highest BCUT2D eigenvalue weighted by atomic mass is 79.9. The summed E-state index contributed by atoms with van der Waals surface area (Å²) in [7, 11) is 1.58. The average Bonchev–Trinajstić information content (AvgIpc) is 2.46. The van der Waals surface area contributed by atoms with Gasteiger partial charge in [0.05, 0.1) is 23.9 Å². The van der Waals surface area contributed by atoms with E-state index in [1.807, 2.05) is 36.4 Å². The van der Waals surface area contributed by atoms with Crippen LogP contribution in [0.1, 0.15) is 11.6 Å². The molecular weight excluding hydrogens is 340 g/mol. The maximum atomic E-state index is 9.42. The Bertz CT molecular complexity index is 655. The number of nitrogens with one attached hydrogen (secondary N) is 1. The minimum atomic E-state index is -0.553. The van der Waals surface area contributed by atoms with Gasteiger partial charge in [-0.25, -0.2) is 0 Å². The molecule has 0 saturated carbocycles. The number of ether oxygens (including phenoxy) is 1. The molecule has 0 heterocycles. The second-order valence-electron chi connectivity index (χ2n) is 4.07. The Labute approximate surface area is 131 Å². The summed E-state index contributed by atoms with van der Waals surface area (Å²) in [4.78, 5) is 0. The Kier molecular flexibility index (Phi) is 4.89. The Morgan fingerprint density at radius 2 is 2.05 bits per heavy atom. The van der Waals surface area contributed by atoms with Crippen LogP contribution >= 0.6 is 27.5 Å². The van der Waals surface area contributed by atoms with Crippen LogP contribution in [-0.4, -0.2) is 7.11 Å². The topological polar surface area (TPSA) is 45.0 Å². The SMILES string of the molecule is COc1ccc(Br)cc1C(C#N)Nc1ccccc1Cl. The number of benzene rings is 2. The largest absolute Gasteiger partial charge is 0.496 e. The second-order valence-corrected chi connectivity index (χ2v) is 5.40. The van der Waals surface area contributed by atoms with Crippen molar-refractivity contribution in [2.75, 3.05) is 12.4 Å². The number of nitrogens with zero attached hydrogens (tertiary/aromatic N) is 1. The smallest absolute Gasteiger partial charge is 0.143 e. The minimum absolute atomic E-state index is 0.553. The molecule has 102 valence electrons. The van der Waals surface area contributed by atoms with Crippen LogP contribution < -0.4 is 10.1 Å². The highest BCUT2D eigenvalue weighted by Crippen LogP contribution is 2.32. The van der Waals surface area contributed by atoms with Gasteiger partial charge in [0.2, 0.25) is 0 Å². The monoisotopic (exact) mass is 350 g/mol. The maximum absolute atomic E-state index is 9.42. The highest BCUT2D eigenvalue weighted by molar-refractivity contribution is 9.10. The lowest BCUT2D eigenvalue weighted by atomic mass is 10.1. The van der Waals surface area contributed by atoms with Gasteiger partial charge in [-0.15, -0.1) is 0 Å². The van der Waals surface area contributed by atoms with Gasteiger partial charge in [0.15, 0.2) is 0 Å². The number of anilines is 1. The van der Waals surface area contributed by atoms with Crippen molar-refractivity contribution in [1.82, 2.24) is 0 Å². The first-order valence-corrected chi connectivity index (χ1v) is 7.07. The van der Waals surface area contributed by atoms with Crippen LogP contribution in [0.2, 0.25) is 5.02 Å². The molecule has 0 radical (unpaired) electrons. The number of rotatable bonds is 4. The molecule has 0 fully saturated rings. The van der Waals surface area contributed by atoms with Crippen LogP contribution in [-0.2, 0) is 0 Å². The summed E-state index contributed by atoms with van der Waals surface area (Å²) in [6.07, 6.45) is 0. The first kappa shape index (κ1) is 14.7. The van der Waals surface area contributed by atoms with Crippen LogP contribution in [0.4, 0.5) is 5.69 Å². The third-order valence-electron chi connectivity index (χ3n) is 2.81. The average molecular weight is 352 g/mol. The van der Waals surface area contributed by atoms with Gasteiger partial charge < -0.3 is 10.1 Å². The van der Waals surface area contributed by atoms with E-state index in [0.29, 0.717) is 16.5 Å². The maximum Gasteiger partial charge on any atom is 0.143 e. The molecule has 2 aromatic rings. The van der Waals surface area contributed by atoms with Crippen LogP contribution in [0, 0.1) is 11.3 Å². The summed E-state index contributed by atoms with van der Waals surface area (Å²) < 4.78 is 6.19. The molecule has 1 atom stereocenters. The van der Waals surface area contributed by atoms with Crippen LogP contribution in [0.15, 0.2) is 46.9 Å². The molecule has 0 aliphatic heterocycles. The summed E-state index contributed by atoms with van der Waals surface area (Å²) in [6, 6.07) is 14.5. The molecule has 1 unspecified atom stereocenters. The number of hydrogen-bond donors (Lipinski definition) is 1. The van der Waals surface area contributed by atoms with Crippen LogP contribution in [0.5, 0.6) is 5.75 Å².